The molecule has 2 aromatic rings. The summed E-state index contributed by atoms with van der Waals surface area (Å²) < 4.78 is 5.28. The molecule has 0 aliphatic heterocycles. The van der Waals surface area contributed by atoms with Crippen molar-refractivity contribution in [2.45, 2.75) is 38.6 Å². The van der Waals surface area contributed by atoms with Crippen molar-refractivity contribution in [1.29, 1.82) is 0 Å². The van der Waals surface area contributed by atoms with Gasteiger partial charge in [0.25, 0.3) is 0 Å². The number of nitrogens with zero attached hydrogens (tertiary/aromatic N) is 2. The fourth-order valence-electron chi connectivity index (χ4n) is 2.05. The Kier molecular flexibility index (Phi) is 5.66. The fourth-order valence-corrected chi connectivity index (χ4v) is 2.05. The number of hydrogen-bond donors (Lipinski definition) is 2. The highest BCUT2D eigenvalue weighted by molar-refractivity contribution is 5.81. The van der Waals surface area contributed by atoms with Crippen LogP contribution < -0.4 is 11.1 Å². The Bertz CT molecular complexity index is 597. The van der Waals surface area contributed by atoms with Crippen molar-refractivity contribution >= 4 is 5.91 Å². The first-order chi connectivity index (χ1) is 10.6. The molecule has 6 nitrogen and oxygen atoms in total. The number of rotatable bonds is 7. The largest absolute Gasteiger partial charge is 0.354 e. The molecule has 0 spiro atoms. The second-order valence-corrected chi connectivity index (χ2v) is 5.36. The van der Waals surface area contributed by atoms with Crippen molar-refractivity contribution in [3.63, 3.8) is 0 Å². The Labute approximate surface area is 130 Å². The number of nitrogens with two attached hydrogens (primary N) is 1. The van der Waals surface area contributed by atoms with Crippen molar-refractivity contribution in [1.82, 2.24) is 15.5 Å². The third kappa shape index (κ3) is 4.14. The van der Waals surface area contributed by atoms with Crippen LogP contribution in [-0.4, -0.2) is 28.6 Å². The fraction of sp³-hybridized carbons (Fsp3) is 0.438. The lowest BCUT2D eigenvalue weighted by Gasteiger charge is -2.13. The minimum atomic E-state index is -0.459. The van der Waals surface area contributed by atoms with E-state index in [0.717, 1.165) is 12.0 Å². The third-order valence-electron chi connectivity index (χ3n) is 3.41. The van der Waals surface area contributed by atoms with Gasteiger partial charge in [-0.1, -0.05) is 55.8 Å². The van der Waals surface area contributed by atoms with Gasteiger partial charge in [-0.2, -0.15) is 4.98 Å². The second-order valence-electron chi connectivity index (χ2n) is 5.36. The minimum Gasteiger partial charge on any atom is -0.354 e. The molecule has 0 bridgehead atoms. The van der Waals surface area contributed by atoms with Crippen LogP contribution in [-0.2, 0) is 4.79 Å². The van der Waals surface area contributed by atoms with Crippen LogP contribution in [0.25, 0.3) is 11.4 Å². The van der Waals surface area contributed by atoms with E-state index in [1.807, 2.05) is 44.2 Å². The molecule has 1 amide bonds. The number of nitrogens with one attached hydrogen (secondary N) is 1. The molecular weight excluding hydrogens is 280 g/mol. The van der Waals surface area contributed by atoms with Crippen LogP contribution in [0.1, 0.15) is 38.5 Å². The predicted octanol–water partition coefficient (Wildman–Crippen LogP) is 2.08. The van der Waals surface area contributed by atoms with Crippen LogP contribution in [0, 0.1) is 0 Å². The molecule has 1 aromatic carbocycles. The van der Waals surface area contributed by atoms with E-state index in [2.05, 4.69) is 15.5 Å². The molecule has 6 heteroatoms. The zero-order valence-electron chi connectivity index (χ0n) is 13.0. The molecule has 0 aliphatic rings. The van der Waals surface area contributed by atoms with Crippen molar-refractivity contribution < 1.29 is 9.32 Å². The molecule has 1 aromatic heterocycles. The van der Waals surface area contributed by atoms with Gasteiger partial charge in [-0.25, -0.2) is 0 Å². The van der Waals surface area contributed by atoms with Crippen LogP contribution in [0.3, 0.4) is 0 Å². The molecule has 0 saturated carbocycles. The molecule has 2 rings (SSSR count). The maximum absolute atomic E-state index is 11.8. The second kappa shape index (κ2) is 7.70. The monoisotopic (exact) mass is 302 g/mol. The van der Waals surface area contributed by atoms with E-state index in [9.17, 15) is 4.79 Å². The number of hydrogen-bond acceptors (Lipinski definition) is 5. The summed E-state index contributed by atoms with van der Waals surface area (Å²) in [6.45, 7) is 4.35. The molecule has 0 radical (unpaired) electrons. The Morgan fingerprint density at radius 3 is 2.77 bits per heavy atom. The van der Waals surface area contributed by atoms with Crippen LogP contribution in [0.5, 0.6) is 0 Å². The first kappa shape index (κ1) is 16.2. The van der Waals surface area contributed by atoms with Gasteiger partial charge in [-0.05, 0) is 6.42 Å². The smallest absolute Gasteiger partial charge is 0.236 e. The summed E-state index contributed by atoms with van der Waals surface area (Å²) >= 11 is 0. The number of aromatic nitrogens is 2. The minimum absolute atomic E-state index is 0.0669. The Morgan fingerprint density at radius 1 is 1.36 bits per heavy atom. The van der Waals surface area contributed by atoms with Crippen LogP contribution in [0.4, 0.5) is 0 Å². The van der Waals surface area contributed by atoms with E-state index < -0.39 is 6.04 Å². The lowest BCUT2D eigenvalue weighted by molar-refractivity contribution is -0.122. The van der Waals surface area contributed by atoms with Crippen LogP contribution in [0.15, 0.2) is 34.9 Å². The number of carbonyl (C=O) groups is 1. The Balaban J connectivity index is 1.92. The van der Waals surface area contributed by atoms with Crippen molar-refractivity contribution in [2.75, 3.05) is 6.54 Å². The average molecular weight is 302 g/mol. The summed E-state index contributed by atoms with van der Waals surface area (Å²) in [5.74, 6) is 0.846. The molecule has 2 atom stereocenters. The lowest BCUT2D eigenvalue weighted by atomic mass is 10.1. The summed E-state index contributed by atoms with van der Waals surface area (Å²) in [7, 11) is 0. The van der Waals surface area contributed by atoms with Gasteiger partial charge in [0.2, 0.25) is 17.6 Å². The van der Waals surface area contributed by atoms with Crippen LogP contribution >= 0.6 is 0 Å². The topological polar surface area (TPSA) is 94.0 Å². The van der Waals surface area contributed by atoms with Gasteiger partial charge in [0, 0.05) is 12.1 Å². The third-order valence-corrected chi connectivity index (χ3v) is 3.41. The van der Waals surface area contributed by atoms with Gasteiger partial charge in [-0.15, -0.1) is 0 Å². The first-order valence-corrected chi connectivity index (χ1v) is 7.54. The zero-order valence-corrected chi connectivity index (χ0v) is 13.0. The van der Waals surface area contributed by atoms with Gasteiger partial charge in [-0.3, -0.25) is 4.79 Å². The molecule has 0 fully saturated rings. The Hall–Kier alpha value is -2.21. The molecule has 22 heavy (non-hydrogen) atoms. The molecule has 0 saturated heterocycles. The molecule has 1 heterocycles. The van der Waals surface area contributed by atoms with Gasteiger partial charge in [0.15, 0.2) is 0 Å². The van der Waals surface area contributed by atoms with E-state index in [0.29, 0.717) is 24.7 Å². The van der Waals surface area contributed by atoms with Crippen molar-refractivity contribution in [3.8, 4) is 11.4 Å². The normalized spacial score (nSPS) is 13.6. The zero-order chi connectivity index (χ0) is 15.9. The first-order valence-electron chi connectivity index (χ1n) is 7.54. The lowest BCUT2D eigenvalue weighted by Crippen LogP contribution is -2.41. The highest BCUT2D eigenvalue weighted by Crippen LogP contribution is 2.18. The van der Waals surface area contributed by atoms with E-state index in [1.54, 1.807) is 0 Å². The van der Waals surface area contributed by atoms with E-state index in [1.165, 1.54) is 0 Å². The highest BCUT2D eigenvalue weighted by Gasteiger charge is 2.18. The number of carbonyl (C=O) groups excluding carboxylic acids is 1. The standard InChI is InChI=1S/C16H22N4O2/c1-3-7-13(17)15(21)18-10-11(2)16-19-14(20-22-16)12-8-5-4-6-9-12/h4-6,8-9,11,13H,3,7,10,17H2,1-2H3,(H,18,21). The van der Waals surface area contributed by atoms with Gasteiger partial charge in [0.1, 0.15) is 0 Å². The molecule has 2 unspecified atom stereocenters. The summed E-state index contributed by atoms with van der Waals surface area (Å²) in [5.41, 5.74) is 6.67. The predicted molar refractivity (Wildman–Crippen MR) is 84.0 cm³/mol. The maximum atomic E-state index is 11.8. The maximum Gasteiger partial charge on any atom is 0.236 e. The molecule has 0 aliphatic carbocycles. The highest BCUT2D eigenvalue weighted by atomic mass is 16.5. The number of amides is 1. The van der Waals surface area contributed by atoms with Crippen molar-refractivity contribution in [3.05, 3.63) is 36.2 Å². The molecular formula is C16H22N4O2. The number of benzene rings is 1. The van der Waals surface area contributed by atoms with Gasteiger partial charge < -0.3 is 15.6 Å². The molecule has 118 valence electrons. The summed E-state index contributed by atoms with van der Waals surface area (Å²) in [6.07, 6.45) is 1.56. The SMILES string of the molecule is CCCC(N)C(=O)NCC(C)c1nc(-c2ccccc2)no1. The summed E-state index contributed by atoms with van der Waals surface area (Å²) in [4.78, 5) is 16.2. The summed E-state index contributed by atoms with van der Waals surface area (Å²) in [6, 6.07) is 9.16. The van der Waals surface area contributed by atoms with Gasteiger partial charge in [0.05, 0.1) is 12.0 Å². The van der Waals surface area contributed by atoms with Crippen molar-refractivity contribution in [2.24, 2.45) is 5.73 Å². The Morgan fingerprint density at radius 2 is 2.09 bits per heavy atom. The van der Waals surface area contributed by atoms with E-state index in [-0.39, 0.29) is 11.8 Å². The van der Waals surface area contributed by atoms with E-state index in [4.69, 9.17) is 10.3 Å². The summed E-state index contributed by atoms with van der Waals surface area (Å²) in [5, 5.41) is 6.80. The molecule has 3 N–H and O–H groups in total. The van der Waals surface area contributed by atoms with Crippen LogP contribution in [0.2, 0.25) is 0 Å². The quantitative estimate of drug-likeness (QED) is 0.816. The van der Waals surface area contributed by atoms with E-state index >= 15 is 0 Å². The average Bonchev–Trinajstić information content (AvgIpc) is 3.03. The van der Waals surface area contributed by atoms with Gasteiger partial charge >= 0.3 is 0 Å².